The second-order valence-corrected chi connectivity index (χ2v) is 8.58. The van der Waals surface area contributed by atoms with E-state index in [1.165, 1.54) is 54.2 Å². The molecule has 2 aliphatic heterocycles. The molecule has 5 rings (SSSR count). The van der Waals surface area contributed by atoms with Gasteiger partial charge >= 0.3 is 0 Å². The Balaban J connectivity index is 1.36. The molecule has 2 saturated heterocycles. The average molecular weight is 367 g/mol. The van der Waals surface area contributed by atoms with Crippen LogP contribution in [0.2, 0.25) is 0 Å². The summed E-state index contributed by atoms with van der Waals surface area (Å²) in [5.74, 6) is 0. The Labute approximate surface area is 158 Å². The number of piperidine rings is 1. The minimum atomic E-state index is 0.716. The Kier molecular flexibility index (Phi) is 4.17. The van der Waals surface area contributed by atoms with Crippen LogP contribution in [-0.2, 0) is 7.05 Å². The molecule has 0 unspecified atom stereocenters. The summed E-state index contributed by atoms with van der Waals surface area (Å²) in [5.41, 5.74) is 3.49. The first kappa shape index (κ1) is 16.3. The van der Waals surface area contributed by atoms with Crippen molar-refractivity contribution in [2.45, 2.75) is 31.7 Å². The van der Waals surface area contributed by atoms with Crippen molar-refractivity contribution < 1.29 is 0 Å². The van der Waals surface area contributed by atoms with Crippen LogP contribution in [0.5, 0.6) is 0 Å². The van der Waals surface area contributed by atoms with Crippen LogP contribution >= 0.6 is 11.3 Å². The molecule has 0 bridgehead atoms. The monoisotopic (exact) mass is 366 g/mol. The van der Waals surface area contributed by atoms with Gasteiger partial charge in [0.2, 0.25) is 0 Å². The van der Waals surface area contributed by atoms with Gasteiger partial charge in [-0.3, -0.25) is 9.58 Å². The van der Waals surface area contributed by atoms with Crippen molar-refractivity contribution in [2.24, 2.45) is 7.05 Å². The van der Waals surface area contributed by atoms with Crippen LogP contribution < -0.4 is 4.90 Å². The lowest BCUT2D eigenvalue weighted by Gasteiger charge is -2.32. The van der Waals surface area contributed by atoms with E-state index in [4.69, 9.17) is 4.98 Å². The number of rotatable bonds is 3. The number of nitrogens with zero attached hydrogens (tertiary/aromatic N) is 5. The van der Waals surface area contributed by atoms with E-state index in [1.54, 1.807) is 0 Å². The molecule has 0 amide bonds. The fourth-order valence-electron chi connectivity index (χ4n) is 4.29. The van der Waals surface area contributed by atoms with Crippen LogP contribution in [0.15, 0.2) is 30.6 Å². The number of likely N-dealkylation sites (tertiary alicyclic amines) is 1. The van der Waals surface area contributed by atoms with Crippen molar-refractivity contribution in [3.05, 3.63) is 30.6 Å². The van der Waals surface area contributed by atoms with E-state index in [9.17, 15) is 0 Å². The maximum atomic E-state index is 4.92. The maximum absolute atomic E-state index is 4.92. The van der Waals surface area contributed by atoms with E-state index in [0.717, 1.165) is 24.2 Å². The third-order valence-electron chi connectivity index (χ3n) is 5.76. The number of fused-ring (bicyclic) bond motifs is 1. The first-order valence-corrected chi connectivity index (χ1v) is 10.5. The topological polar surface area (TPSA) is 37.2 Å². The molecule has 1 aromatic carbocycles. The molecular formula is C20H25N5S. The third-order valence-corrected chi connectivity index (χ3v) is 6.84. The van der Waals surface area contributed by atoms with Crippen molar-refractivity contribution in [1.29, 1.82) is 0 Å². The summed E-state index contributed by atoms with van der Waals surface area (Å²) in [6.45, 7) is 4.84. The van der Waals surface area contributed by atoms with Crippen molar-refractivity contribution in [1.82, 2.24) is 19.7 Å². The van der Waals surface area contributed by atoms with Crippen molar-refractivity contribution in [3.63, 3.8) is 0 Å². The maximum Gasteiger partial charge on any atom is 0.186 e. The number of aryl methyl sites for hydroxylation is 1. The summed E-state index contributed by atoms with van der Waals surface area (Å²) in [4.78, 5) is 10.1. The normalized spacial score (nSPS) is 21.7. The molecule has 26 heavy (non-hydrogen) atoms. The zero-order valence-corrected chi connectivity index (χ0v) is 16.1. The molecule has 2 aliphatic rings. The highest BCUT2D eigenvalue weighted by atomic mass is 32.1. The molecule has 0 radical (unpaired) electrons. The molecular weight excluding hydrogens is 341 g/mol. The SMILES string of the molecule is [11CH3]n1cc(-c2ccc3nc(N4CC[C@@H](N5CCCCC5)C4)sc3c2)cn1. The van der Waals surface area contributed by atoms with Gasteiger partial charge in [0.05, 0.1) is 16.4 Å². The number of thiazole rings is 1. The van der Waals surface area contributed by atoms with Crippen molar-refractivity contribution in [3.8, 4) is 11.1 Å². The van der Waals surface area contributed by atoms with Gasteiger partial charge in [0.1, 0.15) is 0 Å². The van der Waals surface area contributed by atoms with Gasteiger partial charge in [-0.25, -0.2) is 4.98 Å². The van der Waals surface area contributed by atoms with Gasteiger partial charge in [-0.2, -0.15) is 5.10 Å². The fraction of sp³-hybridized carbons (Fsp3) is 0.500. The molecule has 5 nitrogen and oxygen atoms in total. The second-order valence-electron chi connectivity index (χ2n) is 7.57. The van der Waals surface area contributed by atoms with Gasteiger partial charge in [0, 0.05) is 37.9 Å². The van der Waals surface area contributed by atoms with Crippen LogP contribution in [0.4, 0.5) is 5.13 Å². The summed E-state index contributed by atoms with van der Waals surface area (Å²) in [6.07, 6.45) is 9.41. The molecule has 2 fully saturated rings. The Morgan fingerprint density at radius 1 is 1.08 bits per heavy atom. The highest BCUT2D eigenvalue weighted by Crippen LogP contribution is 2.34. The number of anilines is 1. The summed E-state index contributed by atoms with van der Waals surface area (Å²) in [7, 11) is 1.96. The second kappa shape index (κ2) is 6.67. The lowest BCUT2D eigenvalue weighted by atomic mass is 10.1. The Morgan fingerprint density at radius 3 is 2.77 bits per heavy atom. The van der Waals surface area contributed by atoms with Crippen LogP contribution in [0.25, 0.3) is 21.3 Å². The van der Waals surface area contributed by atoms with Crippen LogP contribution in [0, 0.1) is 0 Å². The Morgan fingerprint density at radius 2 is 1.96 bits per heavy atom. The Bertz CT molecular complexity index is 908. The Hall–Kier alpha value is -1.92. The zero-order valence-electron chi connectivity index (χ0n) is 15.3. The lowest BCUT2D eigenvalue weighted by molar-refractivity contribution is 0.175. The van der Waals surface area contributed by atoms with Gasteiger partial charge in [0.15, 0.2) is 5.13 Å². The molecule has 4 heterocycles. The number of hydrogen-bond acceptors (Lipinski definition) is 5. The van der Waals surface area contributed by atoms with E-state index in [0.29, 0.717) is 6.04 Å². The summed E-state index contributed by atoms with van der Waals surface area (Å²) >= 11 is 1.83. The molecule has 3 aromatic rings. The van der Waals surface area contributed by atoms with Gasteiger partial charge in [-0.1, -0.05) is 23.8 Å². The zero-order chi connectivity index (χ0) is 17.5. The van der Waals surface area contributed by atoms with E-state index in [1.807, 2.05) is 29.3 Å². The highest BCUT2D eigenvalue weighted by molar-refractivity contribution is 7.22. The number of benzene rings is 1. The minimum absolute atomic E-state index is 0.716. The minimum Gasteiger partial charge on any atom is -0.346 e. The molecule has 0 saturated carbocycles. The molecule has 0 aliphatic carbocycles. The molecule has 136 valence electrons. The lowest BCUT2D eigenvalue weighted by Crippen LogP contribution is -2.40. The van der Waals surface area contributed by atoms with Crippen molar-refractivity contribution in [2.75, 3.05) is 31.1 Å². The van der Waals surface area contributed by atoms with E-state index in [-0.39, 0.29) is 0 Å². The first-order chi connectivity index (χ1) is 12.8. The van der Waals surface area contributed by atoms with E-state index in [2.05, 4.69) is 39.3 Å². The van der Waals surface area contributed by atoms with Crippen LogP contribution in [0.1, 0.15) is 25.7 Å². The number of aromatic nitrogens is 3. The largest absolute Gasteiger partial charge is 0.346 e. The predicted octanol–water partition coefficient (Wildman–Crippen LogP) is 3.76. The summed E-state index contributed by atoms with van der Waals surface area (Å²) in [5, 5.41) is 5.47. The highest BCUT2D eigenvalue weighted by Gasteiger charge is 2.29. The molecule has 0 N–H and O–H groups in total. The molecule has 0 spiro atoms. The van der Waals surface area contributed by atoms with E-state index < -0.39 is 0 Å². The molecule has 6 heteroatoms. The average Bonchev–Trinajstić information content (AvgIpc) is 3.40. The van der Waals surface area contributed by atoms with Gasteiger partial charge in [-0.05, 0) is 50.0 Å². The first-order valence-electron chi connectivity index (χ1n) is 9.65. The predicted molar refractivity (Wildman–Crippen MR) is 108 cm³/mol. The summed E-state index contributed by atoms with van der Waals surface area (Å²) < 4.78 is 3.12. The smallest absolute Gasteiger partial charge is 0.186 e. The van der Waals surface area contributed by atoms with E-state index >= 15 is 0 Å². The van der Waals surface area contributed by atoms with Crippen molar-refractivity contribution >= 4 is 26.7 Å². The molecule has 2 aromatic heterocycles. The quantitative estimate of drug-likeness (QED) is 0.707. The standard InChI is InChI=1S/C20H25N5S/c1-23-13-16(12-21-23)15-5-6-18-19(11-15)26-20(22-18)25-10-7-17(14-25)24-8-3-2-4-9-24/h5-6,11-13,17H,2-4,7-10,14H2,1H3/t17-/m1/s1/i1-1. The van der Waals surface area contributed by atoms with Gasteiger partial charge in [-0.15, -0.1) is 0 Å². The fourth-order valence-corrected chi connectivity index (χ4v) is 5.33. The van der Waals surface area contributed by atoms with Crippen LogP contribution in [0.3, 0.4) is 0 Å². The molecule has 1 atom stereocenters. The summed E-state index contributed by atoms with van der Waals surface area (Å²) in [6, 6.07) is 7.28. The van der Waals surface area contributed by atoms with Crippen LogP contribution in [-0.4, -0.2) is 51.9 Å². The third kappa shape index (κ3) is 3.01. The number of hydrogen-bond donors (Lipinski definition) is 0. The van der Waals surface area contributed by atoms with Gasteiger partial charge < -0.3 is 4.90 Å². The van der Waals surface area contributed by atoms with Gasteiger partial charge in [0.25, 0.3) is 0 Å².